The summed E-state index contributed by atoms with van der Waals surface area (Å²) in [6.07, 6.45) is 4.81. The van der Waals surface area contributed by atoms with Crippen molar-refractivity contribution < 1.29 is 4.52 Å². The average Bonchev–Trinajstić information content (AvgIpc) is 3.35. The molecular weight excluding hydrogens is 346 g/mol. The molecule has 0 bridgehead atoms. The van der Waals surface area contributed by atoms with Crippen LogP contribution in [0.25, 0.3) is 16.7 Å². The third-order valence-electron chi connectivity index (χ3n) is 5.33. The molecule has 0 fully saturated rings. The van der Waals surface area contributed by atoms with E-state index in [0.717, 1.165) is 35.5 Å². The molecule has 3 aromatic rings. The molecular formula is C24H25N3O. The van der Waals surface area contributed by atoms with Gasteiger partial charge in [0.05, 0.1) is 5.69 Å². The van der Waals surface area contributed by atoms with Gasteiger partial charge in [0.15, 0.2) is 0 Å². The highest BCUT2D eigenvalue weighted by molar-refractivity contribution is 5.85. The van der Waals surface area contributed by atoms with Crippen molar-refractivity contribution in [2.24, 2.45) is 4.99 Å². The summed E-state index contributed by atoms with van der Waals surface area (Å²) in [5.41, 5.74) is 9.28. The number of hydrogen-bond acceptors (Lipinski definition) is 4. The van der Waals surface area contributed by atoms with Crippen molar-refractivity contribution in [3.05, 3.63) is 71.2 Å². The van der Waals surface area contributed by atoms with E-state index < -0.39 is 0 Å². The van der Waals surface area contributed by atoms with Gasteiger partial charge in [0.1, 0.15) is 5.76 Å². The van der Waals surface area contributed by atoms with Gasteiger partial charge in [-0.15, -0.1) is 0 Å². The van der Waals surface area contributed by atoms with Crippen LogP contribution in [0, 0.1) is 20.8 Å². The predicted octanol–water partition coefficient (Wildman–Crippen LogP) is 6.24. The predicted molar refractivity (Wildman–Crippen MR) is 116 cm³/mol. The van der Waals surface area contributed by atoms with Crippen LogP contribution in [0.4, 0.5) is 11.4 Å². The minimum absolute atomic E-state index is 0.853. The van der Waals surface area contributed by atoms with E-state index in [2.05, 4.69) is 71.4 Å². The van der Waals surface area contributed by atoms with Gasteiger partial charge in [0.25, 0.3) is 0 Å². The number of anilines is 2. The standard InChI is InChI=1S/C24H25N3O/c1-5-27(22-10-8-19(9-11-22)21-12-13-25-15-21)23-14-20(7-6-16(23)2)24-17(3)26-28-18(24)4/h6-11,13-15H,5,12H2,1-4H3. The van der Waals surface area contributed by atoms with Crippen molar-refractivity contribution in [1.82, 2.24) is 5.16 Å². The molecule has 142 valence electrons. The molecule has 4 rings (SSSR count). The summed E-state index contributed by atoms with van der Waals surface area (Å²) in [5.74, 6) is 0.853. The fraction of sp³-hybridized carbons (Fsp3) is 0.250. The maximum absolute atomic E-state index is 5.37. The molecule has 1 aliphatic heterocycles. The monoisotopic (exact) mass is 371 g/mol. The second kappa shape index (κ2) is 7.47. The van der Waals surface area contributed by atoms with Crippen molar-refractivity contribution in [3.8, 4) is 11.1 Å². The molecule has 0 aliphatic carbocycles. The fourth-order valence-corrected chi connectivity index (χ4v) is 3.84. The Kier molecular flexibility index (Phi) is 4.86. The largest absolute Gasteiger partial charge is 0.361 e. The van der Waals surface area contributed by atoms with Gasteiger partial charge in [0, 0.05) is 42.3 Å². The Morgan fingerprint density at radius 2 is 1.75 bits per heavy atom. The zero-order chi connectivity index (χ0) is 19.7. The topological polar surface area (TPSA) is 41.6 Å². The Morgan fingerprint density at radius 3 is 2.36 bits per heavy atom. The number of aryl methyl sites for hydroxylation is 3. The van der Waals surface area contributed by atoms with Crippen molar-refractivity contribution in [2.75, 3.05) is 11.4 Å². The second-order valence-electron chi connectivity index (χ2n) is 7.18. The van der Waals surface area contributed by atoms with Crippen molar-refractivity contribution in [1.29, 1.82) is 0 Å². The molecule has 0 saturated heterocycles. The first kappa shape index (κ1) is 18.2. The highest BCUT2D eigenvalue weighted by Crippen LogP contribution is 2.35. The van der Waals surface area contributed by atoms with E-state index in [1.165, 1.54) is 28.1 Å². The highest BCUT2D eigenvalue weighted by atomic mass is 16.5. The summed E-state index contributed by atoms with van der Waals surface area (Å²) < 4.78 is 5.37. The number of rotatable bonds is 5. The zero-order valence-corrected chi connectivity index (χ0v) is 16.9. The molecule has 2 aromatic carbocycles. The summed E-state index contributed by atoms with van der Waals surface area (Å²) in [4.78, 5) is 6.56. The van der Waals surface area contributed by atoms with Crippen LogP contribution in [0.2, 0.25) is 0 Å². The first-order chi connectivity index (χ1) is 13.6. The number of allylic oxidation sites excluding steroid dienone is 1. The van der Waals surface area contributed by atoms with Gasteiger partial charge in [-0.05, 0) is 68.2 Å². The lowest BCUT2D eigenvalue weighted by atomic mass is 10.00. The molecule has 0 radical (unpaired) electrons. The van der Waals surface area contributed by atoms with Gasteiger partial charge in [0.2, 0.25) is 0 Å². The molecule has 0 unspecified atom stereocenters. The molecule has 28 heavy (non-hydrogen) atoms. The van der Waals surface area contributed by atoms with Gasteiger partial charge in [-0.2, -0.15) is 0 Å². The van der Waals surface area contributed by atoms with Crippen LogP contribution in [-0.2, 0) is 0 Å². The molecule has 2 heterocycles. The first-order valence-corrected chi connectivity index (χ1v) is 9.71. The lowest BCUT2D eigenvalue weighted by Gasteiger charge is -2.26. The van der Waals surface area contributed by atoms with Gasteiger partial charge >= 0.3 is 0 Å². The maximum atomic E-state index is 5.37. The van der Waals surface area contributed by atoms with Gasteiger partial charge < -0.3 is 9.42 Å². The van der Waals surface area contributed by atoms with Crippen LogP contribution in [0.3, 0.4) is 0 Å². The minimum atomic E-state index is 0.853. The number of benzene rings is 2. The quantitative estimate of drug-likeness (QED) is 0.533. The fourth-order valence-electron chi connectivity index (χ4n) is 3.84. The van der Waals surface area contributed by atoms with E-state index in [9.17, 15) is 0 Å². The number of hydrogen-bond donors (Lipinski definition) is 0. The molecule has 0 spiro atoms. The van der Waals surface area contributed by atoms with Crippen LogP contribution < -0.4 is 4.90 Å². The van der Waals surface area contributed by atoms with E-state index in [1.54, 1.807) is 0 Å². The van der Waals surface area contributed by atoms with Gasteiger partial charge in [-0.25, -0.2) is 0 Å². The van der Waals surface area contributed by atoms with Gasteiger partial charge in [-0.3, -0.25) is 4.99 Å². The SMILES string of the molecule is CCN(c1ccc(C2=CN=CC2)cc1)c1cc(-c2c(C)noc2C)ccc1C. The average molecular weight is 371 g/mol. The summed E-state index contributed by atoms with van der Waals surface area (Å²) in [6.45, 7) is 9.18. The smallest absolute Gasteiger partial charge is 0.141 e. The first-order valence-electron chi connectivity index (χ1n) is 9.71. The van der Waals surface area contributed by atoms with Crippen LogP contribution in [-0.4, -0.2) is 17.9 Å². The second-order valence-corrected chi connectivity index (χ2v) is 7.18. The summed E-state index contributed by atoms with van der Waals surface area (Å²) in [5, 5.41) is 4.11. The number of aliphatic imine (C=N–C) groups is 1. The summed E-state index contributed by atoms with van der Waals surface area (Å²) in [7, 11) is 0. The number of nitrogens with zero attached hydrogens (tertiary/aromatic N) is 3. The molecule has 0 saturated carbocycles. The molecule has 1 aliphatic rings. The third-order valence-corrected chi connectivity index (χ3v) is 5.33. The molecule has 0 N–H and O–H groups in total. The highest BCUT2D eigenvalue weighted by Gasteiger charge is 2.16. The Balaban J connectivity index is 1.71. The normalized spacial score (nSPS) is 13.1. The molecule has 0 atom stereocenters. The van der Waals surface area contributed by atoms with Crippen LogP contribution in [0.5, 0.6) is 0 Å². The van der Waals surface area contributed by atoms with E-state index in [1.807, 2.05) is 26.3 Å². The lowest BCUT2D eigenvalue weighted by Crippen LogP contribution is -2.17. The third kappa shape index (κ3) is 3.26. The van der Waals surface area contributed by atoms with E-state index in [-0.39, 0.29) is 0 Å². The van der Waals surface area contributed by atoms with Crippen LogP contribution in [0.15, 0.2) is 58.2 Å². The van der Waals surface area contributed by atoms with E-state index >= 15 is 0 Å². The Morgan fingerprint density at radius 1 is 1.00 bits per heavy atom. The Labute approximate surface area is 166 Å². The van der Waals surface area contributed by atoms with Crippen molar-refractivity contribution >= 4 is 23.2 Å². The van der Waals surface area contributed by atoms with Crippen LogP contribution >= 0.6 is 0 Å². The lowest BCUT2D eigenvalue weighted by molar-refractivity contribution is 0.393. The van der Waals surface area contributed by atoms with E-state index in [0.29, 0.717) is 0 Å². The molecule has 4 heteroatoms. The van der Waals surface area contributed by atoms with Crippen LogP contribution in [0.1, 0.15) is 35.9 Å². The van der Waals surface area contributed by atoms with Gasteiger partial charge in [-0.1, -0.05) is 29.4 Å². The Hall–Kier alpha value is -3.14. The molecule has 0 amide bonds. The minimum Gasteiger partial charge on any atom is -0.361 e. The maximum Gasteiger partial charge on any atom is 0.141 e. The van der Waals surface area contributed by atoms with Crippen molar-refractivity contribution in [2.45, 2.75) is 34.1 Å². The molecule has 1 aromatic heterocycles. The van der Waals surface area contributed by atoms with Crippen molar-refractivity contribution in [3.63, 3.8) is 0 Å². The zero-order valence-electron chi connectivity index (χ0n) is 16.9. The summed E-state index contributed by atoms with van der Waals surface area (Å²) >= 11 is 0. The number of aromatic nitrogens is 1. The molecule has 4 nitrogen and oxygen atoms in total. The Bertz CT molecular complexity index is 1040. The van der Waals surface area contributed by atoms with E-state index in [4.69, 9.17) is 4.52 Å². The summed E-state index contributed by atoms with van der Waals surface area (Å²) in [6, 6.07) is 15.3.